The van der Waals surface area contributed by atoms with Crippen LogP contribution in [-0.2, 0) is 0 Å². The summed E-state index contributed by atoms with van der Waals surface area (Å²) in [5.74, 6) is 7.86. The third kappa shape index (κ3) is 3.84. The van der Waals surface area contributed by atoms with Crippen LogP contribution in [0.5, 0.6) is 0 Å². The molecule has 0 saturated heterocycles. The molecule has 1 aromatic carbocycles. The Labute approximate surface area is 174 Å². The fourth-order valence-corrected chi connectivity index (χ4v) is 3.08. The predicted octanol–water partition coefficient (Wildman–Crippen LogP) is 3.03. The van der Waals surface area contributed by atoms with Crippen molar-refractivity contribution in [3.05, 3.63) is 65.5 Å². The number of aromatic nitrogens is 4. The molecule has 3 aromatic heterocycles. The highest BCUT2D eigenvalue weighted by Crippen LogP contribution is 2.27. The Bertz CT molecular complexity index is 1300. The van der Waals surface area contributed by atoms with Gasteiger partial charge in [-0.1, -0.05) is 17.9 Å². The molecule has 3 heterocycles. The number of fused-ring (bicyclic) bond motifs is 1. The van der Waals surface area contributed by atoms with Gasteiger partial charge in [0.15, 0.2) is 0 Å². The molecule has 0 bridgehead atoms. The molecule has 4 N–H and O–H groups in total. The van der Waals surface area contributed by atoms with E-state index in [1.807, 2.05) is 62.3 Å². The zero-order chi connectivity index (χ0) is 21.3. The minimum absolute atomic E-state index is 0.211. The maximum Gasteiger partial charge on any atom is 0.220 e. The van der Waals surface area contributed by atoms with E-state index in [2.05, 4.69) is 31.8 Å². The van der Waals surface area contributed by atoms with E-state index in [-0.39, 0.29) is 5.95 Å². The maximum atomic E-state index is 5.94. The first-order valence-corrected chi connectivity index (χ1v) is 9.37. The van der Waals surface area contributed by atoms with Crippen LogP contribution in [-0.4, -0.2) is 34.0 Å². The second-order valence-corrected chi connectivity index (χ2v) is 7.08. The van der Waals surface area contributed by atoms with E-state index < -0.39 is 0 Å². The quantitative estimate of drug-likeness (QED) is 0.502. The van der Waals surface area contributed by atoms with Gasteiger partial charge in [0.1, 0.15) is 11.6 Å². The lowest BCUT2D eigenvalue weighted by atomic mass is 10.0. The molecule has 0 spiro atoms. The van der Waals surface area contributed by atoms with Gasteiger partial charge in [-0.2, -0.15) is 0 Å². The van der Waals surface area contributed by atoms with Crippen LogP contribution in [0.25, 0.3) is 22.2 Å². The third-order valence-electron chi connectivity index (χ3n) is 4.63. The highest BCUT2D eigenvalue weighted by Gasteiger charge is 2.12. The zero-order valence-electron chi connectivity index (χ0n) is 17.0. The molecule has 148 valence electrons. The summed E-state index contributed by atoms with van der Waals surface area (Å²) in [6, 6.07) is 13.6. The fourth-order valence-electron chi connectivity index (χ4n) is 3.08. The first-order valence-electron chi connectivity index (χ1n) is 9.37. The second-order valence-electron chi connectivity index (χ2n) is 7.08. The summed E-state index contributed by atoms with van der Waals surface area (Å²) in [5.41, 5.74) is 16.3. The number of hydrogen-bond acceptors (Lipinski definition) is 7. The molecule has 4 rings (SSSR count). The molecule has 30 heavy (non-hydrogen) atoms. The molecule has 4 aromatic rings. The average Bonchev–Trinajstić information content (AvgIpc) is 2.73. The van der Waals surface area contributed by atoms with Crippen molar-refractivity contribution in [2.45, 2.75) is 6.92 Å². The van der Waals surface area contributed by atoms with Gasteiger partial charge in [-0.25, -0.2) is 19.9 Å². The predicted molar refractivity (Wildman–Crippen MR) is 121 cm³/mol. The topological polar surface area (TPSA) is 107 Å². The molecule has 0 aliphatic rings. The summed E-state index contributed by atoms with van der Waals surface area (Å²) >= 11 is 0. The van der Waals surface area contributed by atoms with Crippen molar-refractivity contribution >= 4 is 28.5 Å². The van der Waals surface area contributed by atoms with Gasteiger partial charge in [0.2, 0.25) is 5.95 Å². The Morgan fingerprint density at radius 2 is 1.73 bits per heavy atom. The van der Waals surface area contributed by atoms with E-state index in [0.717, 1.165) is 39.1 Å². The molecule has 0 aliphatic heterocycles. The molecular weight excluding hydrogens is 374 g/mol. The lowest BCUT2D eigenvalue weighted by Crippen LogP contribution is -2.10. The van der Waals surface area contributed by atoms with Gasteiger partial charge >= 0.3 is 0 Å². The monoisotopic (exact) mass is 395 g/mol. The van der Waals surface area contributed by atoms with E-state index in [0.29, 0.717) is 11.5 Å². The van der Waals surface area contributed by atoms with E-state index in [1.54, 1.807) is 12.3 Å². The summed E-state index contributed by atoms with van der Waals surface area (Å²) < 4.78 is 0. The van der Waals surface area contributed by atoms with Crippen molar-refractivity contribution < 1.29 is 0 Å². The van der Waals surface area contributed by atoms with Gasteiger partial charge < -0.3 is 16.4 Å². The number of nitrogen functional groups attached to an aromatic ring is 2. The highest BCUT2D eigenvalue weighted by molar-refractivity contribution is 5.86. The van der Waals surface area contributed by atoms with Gasteiger partial charge in [0.25, 0.3) is 0 Å². The van der Waals surface area contributed by atoms with E-state index in [1.165, 1.54) is 0 Å². The number of anilines is 3. The molecule has 0 saturated carbocycles. The van der Waals surface area contributed by atoms with Crippen LogP contribution in [0, 0.1) is 18.8 Å². The standard InChI is InChI=1S/C23H21N7/c1-14-18(8-4-15-5-10-20(24)26-13-15)22(29-23(25)27-14)17-6-9-19-16(12-17)7-11-21(28-19)30(2)3/h5-7,9-13H,1-3H3,(H2,24,26)(H2,25,27,29). The zero-order valence-corrected chi connectivity index (χ0v) is 17.0. The molecular formula is C23H21N7. The Kier molecular flexibility index (Phi) is 4.90. The molecule has 0 radical (unpaired) electrons. The normalized spacial score (nSPS) is 10.5. The van der Waals surface area contributed by atoms with Gasteiger partial charge in [-0.3, -0.25) is 0 Å². The number of hydrogen-bond donors (Lipinski definition) is 2. The van der Waals surface area contributed by atoms with Crippen molar-refractivity contribution in [2.24, 2.45) is 0 Å². The molecule has 0 unspecified atom stereocenters. The van der Waals surface area contributed by atoms with Crippen molar-refractivity contribution in [3.8, 4) is 23.1 Å². The van der Waals surface area contributed by atoms with Crippen molar-refractivity contribution in [1.82, 2.24) is 19.9 Å². The summed E-state index contributed by atoms with van der Waals surface area (Å²) in [4.78, 5) is 19.5. The maximum absolute atomic E-state index is 5.94. The minimum Gasteiger partial charge on any atom is -0.384 e. The van der Waals surface area contributed by atoms with Crippen LogP contribution < -0.4 is 16.4 Å². The molecule has 0 atom stereocenters. The minimum atomic E-state index is 0.211. The summed E-state index contributed by atoms with van der Waals surface area (Å²) in [6.07, 6.45) is 1.64. The van der Waals surface area contributed by atoms with Gasteiger partial charge in [-0.15, -0.1) is 0 Å². The number of pyridine rings is 2. The number of aryl methyl sites for hydroxylation is 1. The summed E-state index contributed by atoms with van der Waals surface area (Å²) in [7, 11) is 3.94. The third-order valence-corrected chi connectivity index (χ3v) is 4.63. The van der Waals surface area contributed by atoms with Crippen molar-refractivity contribution in [3.63, 3.8) is 0 Å². The SMILES string of the molecule is Cc1nc(N)nc(-c2ccc3nc(N(C)C)ccc3c2)c1C#Cc1ccc(N)nc1. The van der Waals surface area contributed by atoms with E-state index in [4.69, 9.17) is 11.5 Å². The smallest absolute Gasteiger partial charge is 0.220 e. The average molecular weight is 395 g/mol. The van der Waals surface area contributed by atoms with Crippen LogP contribution >= 0.6 is 0 Å². The largest absolute Gasteiger partial charge is 0.384 e. The number of nitrogens with zero attached hydrogens (tertiary/aromatic N) is 5. The molecule has 0 amide bonds. The van der Waals surface area contributed by atoms with Gasteiger partial charge in [0, 0.05) is 36.8 Å². The van der Waals surface area contributed by atoms with Crippen molar-refractivity contribution in [2.75, 3.05) is 30.5 Å². The molecule has 0 fully saturated rings. The van der Waals surface area contributed by atoms with Crippen LogP contribution in [0.1, 0.15) is 16.8 Å². The van der Waals surface area contributed by atoms with Crippen LogP contribution in [0.2, 0.25) is 0 Å². The van der Waals surface area contributed by atoms with Crippen LogP contribution in [0.3, 0.4) is 0 Å². The van der Waals surface area contributed by atoms with Crippen LogP contribution in [0.4, 0.5) is 17.6 Å². The lowest BCUT2D eigenvalue weighted by molar-refractivity contribution is 1.08. The molecule has 7 heteroatoms. The van der Waals surface area contributed by atoms with Crippen molar-refractivity contribution in [1.29, 1.82) is 0 Å². The second kappa shape index (κ2) is 7.68. The number of nitrogens with two attached hydrogens (primary N) is 2. The van der Waals surface area contributed by atoms with Crippen LogP contribution in [0.15, 0.2) is 48.7 Å². The fraction of sp³-hybridized carbons (Fsp3) is 0.130. The first kappa shape index (κ1) is 19.2. The van der Waals surface area contributed by atoms with Gasteiger partial charge in [-0.05, 0) is 43.3 Å². The number of rotatable bonds is 2. The Morgan fingerprint density at radius 3 is 2.47 bits per heavy atom. The van der Waals surface area contributed by atoms with E-state index >= 15 is 0 Å². The Morgan fingerprint density at radius 1 is 0.900 bits per heavy atom. The molecule has 7 nitrogen and oxygen atoms in total. The Balaban J connectivity index is 1.82. The highest BCUT2D eigenvalue weighted by atomic mass is 15.1. The van der Waals surface area contributed by atoms with E-state index in [9.17, 15) is 0 Å². The van der Waals surface area contributed by atoms with Gasteiger partial charge in [0.05, 0.1) is 22.5 Å². The first-order chi connectivity index (χ1) is 14.4. The summed E-state index contributed by atoms with van der Waals surface area (Å²) in [5, 5.41) is 1.01. The summed E-state index contributed by atoms with van der Waals surface area (Å²) in [6.45, 7) is 1.87. The molecule has 0 aliphatic carbocycles. The number of benzene rings is 1. The Hall–Kier alpha value is -4.18. The lowest BCUT2D eigenvalue weighted by Gasteiger charge is -2.12.